The lowest BCUT2D eigenvalue weighted by molar-refractivity contribution is -0.275. The van der Waals surface area contributed by atoms with E-state index in [1.54, 1.807) is 24.3 Å². The number of alkyl halides is 6. The number of allylic oxidation sites excluding steroid dienone is 1. The van der Waals surface area contributed by atoms with Gasteiger partial charge in [0.1, 0.15) is 29.2 Å². The predicted molar refractivity (Wildman–Crippen MR) is 127 cm³/mol. The van der Waals surface area contributed by atoms with Crippen LogP contribution < -0.4 is 9.47 Å². The molecule has 1 saturated carbocycles. The van der Waals surface area contributed by atoms with Gasteiger partial charge in [-0.2, -0.15) is 21.0 Å². The zero-order valence-electron chi connectivity index (χ0n) is 20.1. The molecule has 3 aliphatic rings. The molecule has 3 aromatic carbocycles. The lowest BCUT2D eigenvalue weighted by Crippen LogP contribution is -2.18. The van der Waals surface area contributed by atoms with Crippen LogP contribution in [0.4, 0.5) is 26.3 Å². The van der Waals surface area contributed by atoms with Gasteiger partial charge in [-0.15, -0.1) is 26.3 Å². The van der Waals surface area contributed by atoms with E-state index < -0.39 is 47.0 Å². The van der Waals surface area contributed by atoms with Crippen molar-refractivity contribution < 1.29 is 35.8 Å². The summed E-state index contributed by atoms with van der Waals surface area (Å²) in [7, 11) is 0. The van der Waals surface area contributed by atoms with Crippen molar-refractivity contribution >= 4 is 5.57 Å². The second-order valence-corrected chi connectivity index (χ2v) is 9.51. The quantitative estimate of drug-likeness (QED) is 0.195. The Labute approximate surface area is 227 Å². The Bertz CT molecular complexity index is 1860. The number of hydrogen-bond donors (Lipinski definition) is 0. The van der Waals surface area contributed by atoms with Gasteiger partial charge < -0.3 is 9.47 Å². The number of ether oxygens (including phenoxy) is 2. The fourth-order valence-corrected chi connectivity index (χ4v) is 6.16. The van der Waals surface area contributed by atoms with Crippen molar-refractivity contribution in [3.63, 3.8) is 0 Å². The molecule has 2 unspecified atom stereocenters. The standard InChI is InChI=1S/C29H10F6N4O2/c30-28(31,32)40-14-1-3-16-18-7-19-17-4-2-15(41-29(33,34)35)6-22(17)27(24(11-38)25(27)12-39)23(19)8-21(18)26(20(16)5-14)13(9-36)10-37/h1-8,24-25H. The van der Waals surface area contributed by atoms with E-state index in [-0.39, 0.29) is 16.7 Å². The molecule has 0 radical (unpaired) electrons. The number of nitrogens with zero attached hydrogens (tertiary/aromatic N) is 4. The summed E-state index contributed by atoms with van der Waals surface area (Å²) in [6.07, 6.45) is -9.97. The van der Waals surface area contributed by atoms with E-state index >= 15 is 0 Å². The van der Waals surface area contributed by atoms with Crippen molar-refractivity contribution in [2.45, 2.75) is 18.1 Å². The van der Waals surface area contributed by atoms with Gasteiger partial charge in [0.2, 0.25) is 0 Å². The Hall–Kier alpha value is -5.46. The molecule has 3 aromatic rings. The van der Waals surface area contributed by atoms with E-state index in [1.807, 2.05) is 0 Å². The molecular formula is C29H10F6N4O2. The minimum Gasteiger partial charge on any atom is -0.406 e. The maximum absolute atomic E-state index is 13.0. The molecule has 0 bridgehead atoms. The molecule has 1 fully saturated rings. The van der Waals surface area contributed by atoms with Gasteiger partial charge in [-0.1, -0.05) is 12.1 Å². The van der Waals surface area contributed by atoms with E-state index in [0.29, 0.717) is 33.4 Å². The molecule has 6 nitrogen and oxygen atoms in total. The second-order valence-electron chi connectivity index (χ2n) is 9.51. The summed E-state index contributed by atoms with van der Waals surface area (Å²) >= 11 is 0. The maximum Gasteiger partial charge on any atom is 0.573 e. The Balaban J connectivity index is 1.63. The fraction of sp³-hybridized carbons (Fsp3) is 0.172. The minimum atomic E-state index is -4.99. The smallest absolute Gasteiger partial charge is 0.406 e. The first kappa shape index (κ1) is 25.8. The van der Waals surface area contributed by atoms with E-state index in [9.17, 15) is 47.4 Å². The topological polar surface area (TPSA) is 114 Å². The molecule has 41 heavy (non-hydrogen) atoms. The van der Waals surface area contributed by atoms with Crippen LogP contribution in [0.5, 0.6) is 11.5 Å². The van der Waals surface area contributed by atoms with Crippen LogP contribution in [0.25, 0.3) is 27.8 Å². The van der Waals surface area contributed by atoms with Crippen molar-refractivity contribution in [2.24, 2.45) is 11.8 Å². The summed E-state index contributed by atoms with van der Waals surface area (Å²) in [5, 5.41) is 39.2. The highest BCUT2D eigenvalue weighted by Gasteiger charge is 2.71. The van der Waals surface area contributed by atoms with Crippen LogP contribution in [-0.2, 0) is 5.41 Å². The van der Waals surface area contributed by atoms with Gasteiger partial charge in [-0.3, -0.25) is 0 Å². The third-order valence-electron chi connectivity index (χ3n) is 7.57. The normalized spacial score (nSPS) is 20.9. The lowest BCUT2D eigenvalue weighted by Gasteiger charge is -2.15. The van der Waals surface area contributed by atoms with Gasteiger partial charge in [0.15, 0.2) is 0 Å². The number of hydrogen-bond acceptors (Lipinski definition) is 6. The molecule has 6 rings (SSSR count). The third kappa shape index (κ3) is 3.62. The van der Waals surface area contributed by atoms with Gasteiger partial charge >= 0.3 is 12.7 Å². The molecule has 0 amide bonds. The summed E-state index contributed by atoms with van der Waals surface area (Å²) in [6.45, 7) is 0. The molecule has 3 aliphatic carbocycles. The molecule has 0 heterocycles. The number of benzene rings is 3. The van der Waals surface area contributed by atoms with Crippen LogP contribution in [0.15, 0.2) is 54.1 Å². The van der Waals surface area contributed by atoms with E-state index in [4.69, 9.17) is 0 Å². The average molecular weight is 560 g/mol. The summed E-state index contributed by atoms with van der Waals surface area (Å²) in [5.74, 6) is -2.96. The van der Waals surface area contributed by atoms with Crippen LogP contribution in [0.2, 0.25) is 0 Å². The molecule has 0 aliphatic heterocycles. The van der Waals surface area contributed by atoms with Crippen molar-refractivity contribution in [1.82, 2.24) is 0 Å². The van der Waals surface area contributed by atoms with E-state index in [0.717, 1.165) is 24.3 Å². The maximum atomic E-state index is 13.0. The number of halogens is 6. The Kier molecular flexibility index (Phi) is 5.20. The van der Waals surface area contributed by atoms with Crippen LogP contribution in [-0.4, -0.2) is 12.7 Å². The molecule has 0 N–H and O–H groups in total. The first-order valence-corrected chi connectivity index (χ1v) is 11.7. The second kappa shape index (κ2) is 8.27. The van der Waals surface area contributed by atoms with Crippen LogP contribution >= 0.6 is 0 Å². The van der Waals surface area contributed by atoms with E-state index in [1.165, 1.54) is 12.1 Å². The zero-order chi connectivity index (χ0) is 29.5. The third-order valence-corrected chi connectivity index (χ3v) is 7.57. The van der Waals surface area contributed by atoms with Crippen LogP contribution in [0, 0.1) is 57.2 Å². The molecule has 0 aromatic heterocycles. The van der Waals surface area contributed by atoms with Gasteiger partial charge in [-0.25, -0.2) is 0 Å². The predicted octanol–water partition coefficient (Wildman–Crippen LogP) is 6.87. The number of nitriles is 4. The SMILES string of the molecule is N#CC(C#N)=C1c2cc(OC(F)(F)F)ccc2-c2cc3c(cc21)C1(c2cc(OC(F)(F)F)ccc2-3)C(C#N)C1C#N. The average Bonchev–Trinajstić information content (AvgIpc) is 3.36. The molecule has 200 valence electrons. The fourth-order valence-electron chi connectivity index (χ4n) is 6.16. The van der Waals surface area contributed by atoms with E-state index in [2.05, 4.69) is 21.6 Å². The molecular weight excluding hydrogens is 550 g/mol. The summed E-state index contributed by atoms with van der Waals surface area (Å²) in [5.41, 5.74) is 1.22. The molecule has 0 saturated heterocycles. The lowest BCUT2D eigenvalue weighted by atomic mass is 9.86. The zero-order valence-corrected chi connectivity index (χ0v) is 20.1. The Morgan fingerprint density at radius 1 is 0.610 bits per heavy atom. The largest absolute Gasteiger partial charge is 0.573 e. The monoisotopic (exact) mass is 560 g/mol. The highest BCUT2D eigenvalue weighted by atomic mass is 19.4. The van der Waals surface area contributed by atoms with Crippen LogP contribution in [0.3, 0.4) is 0 Å². The van der Waals surface area contributed by atoms with Crippen molar-refractivity contribution in [3.05, 3.63) is 76.4 Å². The Morgan fingerprint density at radius 3 is 1.66 bits per heavy atom. The first-order chi connectivity index (χ1) is 19.4. The van der Waals surface area contributed by atoms with Gasteiger partial charge in [0.05, 0.1) is 29.4 Å². The summed E-state index contributed by atoms with van der Waals surface area (Å²) in [4.78, 5) is 0. The van der Waals surface area contributed by atoms with Gasteiger partial charge in [0.25, 0.3) is 0 Å². The number of rotatable bonds is 2. The highest BCUT2D eigenvalue weighted by molar-refractivity contribution is 6.06. The van der Waals surface area contributed by atoms with Crippen LogP contribution in [0.1, 0.15) is 22.3 Å². The summed E-state index contributed by atoms with van der Waals surface area (Å²) in [6, 6.07) is 18.0. The molecule has 12 heteroatoms. The van der Waals surface area contributed by atoms with Gasteiger partial charge in [0, 0.05) is 5.57 Å². The van der Waals surface area contributed by atoms with Crippen molar-refractivity contribution in [1.29, 1.82) is 21.0 Å². The highest BCUT2D eigenvalue weighted by Crippen LogP contribution is 2.71. The van der Waals surface area contributed by atoms with Crippen molar-refractivity contribution in [2.75, 3.05) is 0 Å². The number of fused-ring (bicyclic) bond motifs is 8. The van der Waals surface area contributed by atoms with Crippen molar-refractivity contribution in [3.8, 4) is 58.0 Å². The minimum absolute atomic E-state index is 0.0327. The molecule has 1 spiro atoms. The summed E-state index contributed by atoms with van der Waals surface area (Å²) < 4.78 is 85.9. The Morgan fingerprint density at radius 2 is 1.12 bits per heavy atom. The molecule has 2 atom stereocenters. The first-order valence-electron chi connectivity index (χ1n) is 11.7. The van der Waals surface area contributed by atoms with Gasteiger partial charge in [-0.05, 0) is 80.9 Å².